The number of rotatable bonds is 4. The number of halogens is 2. The molecule has 2 atom stereocenters. The van der Waals surface area contributed by atoms with Gasteiger partial charge in [-0.2, -0.15) is 0 Å². The first-order valence-corrected chi connectivity index (χ1v) is 8.00. The molecule has 0 aromatic heterocycles. The monoisotopic (exact) mass is 351 g/mol. The van der Waals surface area contributed by atoms with Gasteiger partial charge in [0.15, 0.2) is 0 Å². The van der Waals surface area contributed by atoms with Crippen molar-refractivity contribution in [2.45, 2.75) is 32.2 Å². The van der Waals surface area contributed by atoms with Crippen molar-refractivity contribution in [1.29, 1.82) is 0 Å². The molecule has 2 N–H and O–H groups in total. The van der Waals surface area contributed by atoms with Gasteiger partial charge in [0.25, 0.3) is 0 Å². The van der Waals surface area contributed by atoms with Crippen LogP contribution in [0.1, 0.15) is 48.9 Å². The minimum absolute atomic E-state index is 0.172. The Hall–Kier alpha value is -0.830. The highest BCUT2D eigenvalue weighted by atomic mass is 79.9. The van der Waals surface area contributed by atoms with Gasteiger partial charge in [-0.1, -0.05) is 65.6 Å². The predicted octanol–water partition coefficient (Wildman–Crippen LogP) is 5.66. The summed E-state index contributed by atoms with van der Waals surface area (Å²) in [7, 11) is 0. The summed E-state index contributed by atoms with van der Waals surface area (Å²) < 4.78 is 0.986. The van der Waals surface area contributed by atoms with Crippen molar-refractivity contribution < 1.29 is 0 Å². The van der Waals surface area contributed by atoms with Crippen molar-refractivity contribution in [1.82, 2.24) is 0 Å². The van der Waals surface area contributed by atoms with E-state index < -0.39 is 0 Å². The topological polar surface area (TPSA) is 26.0 Å². The van der Waals surface area contributed by atoms with Gasteiger partial charge in [-0.25, -0.2) is 0 Å². The molecule has 0 amide bonds. The van der Waals surface area contributed by atoms with E-state index in [9.17, 15) is 0 Å². The molecule has 0 spiro atoms. The molecule has 2 unspecified atom stereocenters. The van der Waals surface area contributed by atoms with E-state index in [4.69, 9.17) is 17.3 Å². The van der Waals surface area contributed by atoms with Gasteiger partial charge in [0.1, 0.15) is 0 Å². The maximum atomic E-state index is 6.36. The Labute approximate surface area is 134 Å². The highest BCUT2D eigenvalue weighted by molar-refractivity contribution is 9.10. The summed E-state index contributed by atoms with van der Waals surface area (Å²) >= 11 is 9.60. The molecule has 0 aliphatic carbocycles. The van der Waals surface area contributed by atoms with Gasteiger partial charge in [0.05, 0.1) is 6.04 Å². The SMILES string of the molecule is CCC(C)c1ccc(C(N)c2cc(Cl)ccc2Br)cc1. The Morgan fingerprint density at radius 3 is 2.30 bits per heavy atom. The summed E-state index contributed by atoms with van der Waals surface area (Å²) in [6.45, 7) is 4.44. The highest BCUT2D eigenvalue weighted by Gasteiger charge is 2.13. The minimum atomic E-state index is -0.172. The quantitative estimate of drug-likeness (QED) is 0.754. The van der Waals surface area contributed by atoms with E-state index in [1.165, 1.54) is 5.56 Å². The zero-order valence-corrected chi connectivity index (χ0v) is 14.1. The Bertz CT molecular complexity index is 580. The molecule has 0 saturated carbocycles. The largest absolute Gasteiger partial charge is 0.320 e. The zero-order chi connectivity index (χ0) is 14.7. The van der Waals surface area contributed by atoms with Crippen molar-refractivity contribution in [3.63, 3.8) is 0 Å². The molecule has 2 aromatic carbocycles. The number of benzene rings is 2. The lowest BCUT2D eigenvalue weighted by Gasteiger charge is -2.16. The average Bonchev–Trinajstić information content (AvgIpc) is 2.48. The zero-order valence-electron chi connectivity index (χ0n) is 11.7. The number of hydrogen-bond acceptors (Lipinski definition) is 1. The average molecular weight is 353 g/mol. The molecule has 3 heteroatoms. The van der Waals surface area contributed by atoms with E-state index in [1.54, 1.807) is 0 Å². The van der Waals surface area contributed by atoms with Crippen molar-refractivity contribution in [2.75, 3.05) is 0 Å². The molecule has 0 aliphatic rings. The van der Waals surface area contributed by atoms with E-state index in [-0.39, 0.29) is 6.04 Å². The lowest BCUT2D eigenvalue weighted by molar-refractivity contribution is 0.732. The van der Waals surface area contributed by atoms with Crippen LogP contribution in [0.2, 0.25) is 5.02 Å². The second-order valence-electron chi connectivity index (χ2n) is 5.12. The van der Waals surface area contributed by atoms with Crippen LogP contribution in [0.25, 0.3) is 0 Å². The third-order valence-electron chi connectivity index (χ3n) is 3.77. The molecule has 1 nitrogen and oxygen atoms in total. The summed E-state index contributed by atoms with van der Waals surface area (Å²) in [5.41, 5.74) is 9.82. The van der Waals surface area contributed by atoms with Crippen LogP contribution in [0, 0.1) is 0 Å². The fourth-order valence-corrected chi connectivity index (χ4v) is 2.87. The van der Waals surface area contributed by atoms with E-state index >= 15 is 0 Å². The van der Waals surface area contributed by atoms with Crippen LogP contribution in [0.15, 0.2) is 46.9 Å². The minimum Gasteiger partial charge on any atom is -0.320 e. The third-order valence-corrected chi connectivity index (χ3v) is 4.73. The second-order valence-corrected chi connectivity index (χ2v) is 6.41. The van der Waals surface area contributed by atoms with Gasteiger partial charge in [-0.3, -0.25) is 0 Å². The molecular formula is C17H19BrClN. The Kier molecular flexibility index (Phi) is 5.25. The van der Waals surface area contributed by atoms with Crippen molar-refractivity contribution in [2.24, 2.45) is 5.73 Å². The molecule has 2 rings (SSSR count). The maximum absolute atomic E-state index is 6.36. The van der Waals surface area contributed by atoms with Crippen LogP contribution in [0.5, 0.6) is 0 Å². The Morgan fingerprint density at radius 1 is 1.10 bits per heavy atom. The predicted molar refractivity (Wildman–Crippen MR) is 90.3 cm³/mol. The first kappa shape index (κ1) is 15.6. The van der Waals surface area contributed by atoms with Crippen molar-refractivity contribution in [3.05, 3.63) is 68.7 Å². The molecule has 0 bridgehead atoms. The molecule has 0 saturated heterocycles. The van der Waals surface area contributed by atoms with Crippen LogP contribution in [-0.4, -0.2) is 0 Å². The summed E-state index contributed by atoms with van der Waals surface area (Å²) in [6, 6.07) is 14.1. The molecule has 0 radical (unpaired) electrons. The first-order valence-electron chi connectivity index (χ1n) is 6.83. The molecule has 2 aromatic rings. The van der Waals surface area contributed by atoms with Gasteiger partial charge in [-0.15, -0.1) is 0 Å². The van der Waals surface area contributed by atoms with Crippen LogP contribution in [-0.2, 0) is 0 Å². The third kappa shape index (κ3) is 3.43. The Balaban J connectivity index is 2.29. The standard InChI is InChI=1S/C17H19BrClN/c1-3-11(2)12-4-6-13(7-5-12)17(20)15-10-14(19)8-9-16(15)18/h4-11,17H,3,20H2,1-2H3. The lowest BCUT2D eigenvalue weighted by Crippen LogP contribution is -2.12. The van der Waals surface area contributed by atoms with Gasteiger partial charge in [0.2, 0.25) is 0 Å². The van der Waals surface area contributed by atoms with Crippen LogP contribution in [0.4, 0.5) is 0 Å². The van der Waals surface area contributed by atoms with E-state index in [2.05, 4.69) is 54.0 Å². The molecule has 0 fully saturated rings. The highest BCUT2D eigenvalue weighted by Crippen LogP contribution is 2.30. The van der Waals surface area contributed by atoms with Gasteiger partial charge in [-0.05, 0) is 47.2 Å². The fourth-order valence-electron chi connectivity index (χ4n) is 2.20. The van der Waals surface area contributed by atoms with E-state index in [0.717, 1.165) is 22.0 Å². The summed E-state index contributed by atoms with van der Waals surface area (Å²) in [6.07, 6.45) is 1.14. The van der Waals surface area contributed by atoms with E-state index in [0.29, 0.717) is 10.9 Å². The molecule has 0 aliphatic heterocycles. The molecule has 0 heterocycles. The molecular weight excluding hydrogens is 334 g/mol. The normalized spacial score (nSPS) is 14.1. The summed E-state index contributed by atoms with van der Waals surface area (Å²) in [4.78, 5) is 0. The summed E-state index contributed by atoms with van der Waals surface area (Å²) in [5.74, 6) is 0.582. The lowest BCUT2D eigenvalue weighted by atomic mass is 9.94. The maximum Gasteiger partial charge on any atom is 0.0563 e. The molecule has 106 valence electrons. The second kappa shape index (κ2) is 6.75. The molecule has 20 heavy (non-hydrogen) atoms. The number of nitrogens with two attached hydrogens (primary N) is 1. The smallest absolute Gasteiger partial charge is 0.0563 e. The van der Waals surface area contributed by atoms with Crippen LogP contribution < -0.4 is 5.73 Å². The van der Waals surface area contributed by atoms with Gasteiger partial charge >= 0.3 is 0 Å². The van der Waals surface area contributed by atoms with E-state index in [1.807, 2.05) is 18.2 Å². The van der Waals surface area contributed by atoms with Gasteiger partial charge in [0, 0.05) is 9.50 Å². The van der Waals surface area contributed by atoms with Crippen LogP contribution in [0.3, 0.4) is 0 Å². The van der Waals surface area contributed by atoms with Crippen LogP contribution >= 0.6 is 27.5 Å². The van der Waals surface area contributed by atoms with Crippen molar-refractivity contribution >= 4 is 27.5 Å². The Morgan fingerprint density at radius 2 is 1.70 bits per heavy atom. The fraction of sp³-hybridized carbons (Fsp3) is 0.294. The van der Waals surface area contributed by atoms with Gasteiger partial charge < -0.3 is 5.73 Å². The number of hydrogen-bond donors (Lipinski definition) is 1. The first-order chi connectivity index (χ1) is 9.52. The van der Waals surface area contributed by atoms with Crippen molar-refractivity contribution in [3.8, 4) is 0 Å². The summed E-state index contributed by atoms with van der Waals surface area (Å²) in [5, 5.41) is 0.704.